The summed E-state index contributed by atoms with van der Waals surface area (Å²) in [6, 6.07) is 0. The molecular formula is C5H6NNaO6S. The van der Waals surface area contributed by atoms with Crippen molar-refractivity contribution in [2.24, 2.45) is 5.92 Å². The summed E-state index contributed by atoms with van der Waals surface area (Å²) in [5, 5.41) is 6.38. The zero-order valence-electron chi connectivity index (χ0n) is 7.50. The number of carbonyl (C=O) groups is 2. The van der Waals surface area contributed by atoms with Gasteiger partial charge >= 0.3 is 29.6 Å². The Kier molecular flexibility index (Phi) is 4.25. The molecular weight excluding hydrogens is 225 g/mol. The van der Waals surface area contributed by atoms with E-state index in [2.05, 4.69) is 0 Å². The number of amides is 2. The van der Waals surface area contributed by atoms with Crippen LogP contribution in [-0.2, 0) is 19.7 Å². The SMILES string of the molecule is CC1C(=O)N(O)C(=O)C1S(=O)(=O)[O-].[Na+]. The Morgan fingerprint density at radius 2 is 1.79 bits per heavy atom. The van der Waals surface area contributed by atoms with Crippen molar-refractivity contribution in [1.29, 1.82) is 0 Å². The van der Waals surface area contributed by atoms with Crippen LogP contribution in [0.25, 0.3) is 0 Å². The van der Waals surface area contributed by atoms with E-state index in [1.54, 1.807) is 0 Å². The van der Waals surface area contributed by atoms with Gasteiger partial charge in [-0.2, -0.15) is 5.06 Å². The summed E-state index contributed by atoms with van der Waals surface area (Å²) in [4.78, 5) is 21.7. The maximum Gasteiger partial charge on any atom is 1.00 e. The van der Waals surface area contributed by atoms with Crippen LogP contribution >= 0.6 is 0 Å². The number of carbonyl (C=O) groups excluding carboxylic acids is 2. The van der Waals surface area contributed by atoms with E-state index in [-0.39, 0.29) is 34.6 Å². The third-order valence-corrected chi connectivity index (χ3v) is 3.05. The van der Waals surface area contributed by atoms with E-state index in [9.17, 15) is 22.6 Å². The average Bonchev–Trinajstić information content (AvgIpc) is 2.14. The summed E-state index contributed by atoms with van der Waals surface area (Å²) < 4.78 is 31.4. The predicted molar refractivity (Wildman–Crippen MR) is 36.3 cm³/mol. The Morgan fingerprint density at radius 1 is 1.36 bits per heavy atom. The molecule has 1 aliphatic rings. The Bertz CT molecular complexity index is 364. The molecule has 2 unspecified atom stereocenters. The second kappa shape index (κ2) is 4.25. The zero-order valence-corrected chi connectivity index (χ0v) is 10.3. The van der Waals surface area contributed by atoms with E-state index >= 15 is 0 Å². The van der Waals surface area contributed by atoms with E-state index in [4.69, 9.17) is 5.21 Å². The molecule has 0 aromatic heterocycles. The molecule has 1 heterocycles. The summed E-state index contributed by atoms with van der Waals surface area (Å²) in [6.07, 6.45) is 0. The summed E-state index contributed by atoms with van der Waals surface area (Å²) in [5.74, 6) is -3.78. The average molecular weight is 231 g/mol. The first kappa shape index (κ1) is 14.0. The van der Waals surface area contributed by atoms with Crippen LogP contribution in [0.3, 0.4) is 0 Å². The van der Waals surface area contributed by atoms with Gasteiger partial charge in [-0.1, -0.05) is 6.92 Å². The van der Waals surface area contributed by atoms with E-state index in [0.717, 1.165) is 6.92 Å². The summed E-state index contributed by atoms with van der Waals surface area (Å²) in [6.45, 7) is 1.09. The standard InChI is InChI=1S/C5H7NO6S.Na/c1-2-3(13(10,11)12)5(8)6(9)4(2)7;/h2-3,9H,1H3,(H,10,11,12);/q;+1/p-1. The Labute approximate surface area is 102 Å². The van der Waals surface area contributed by atoms with Crippen LogP contribution in [0.5, 0.6) is 0 Å². The molecule has 7 nitrogen and oxygen atoms in total. The maximum absolute atomic E-state index is 10.8. The molecule has 1 aliphatic heterocycles. The number of hydroxylamine groups is 2. The van der Waals surface area contributed by atoms with Crippen LogP contribution < -0.4 is 29.6 Å². The van der Waals surface area contributed by atoms with Crippen LogP contribution in [-0.4, -0.2) is 40.3 Å². The molecule has 0 aromatic rings. The van der Waals surface area contributed by atoms with Gasteiger partial charge in [0.2, 0.25) is 0 Å². The van der Waals surface area contributed by atoms with Gasteiger partial charge in [0.05, 0.1) is 5.92 Å². The van der Waals surface area contributed by atoms with Gasteiger partial charge in [0, 0.05) is 0 Å². The molecule has 2 amide bonds. The zero-order chi connectivity index (χ0) is 10.4. The molecule has 0 bridgehead atoms. The molecule has 1 saturated heterocycles. The van der Waals surface area contributed by atoms with Crippen molar-refractivity contribution in [2.75, 3.05) is 0 Å². The molecule has 0 saturated carbocycles. The molecule has 0 aliphatic carbocycles. The number of imide groups is 1. The quantitative estimate of drug-likeness (QED) is 0.210. The van der Waals surface area contributed by atoms with Gasteiger partial charge in [-0.3, -0.25) is 14.8 Å². The first-order valence-electron chi connectivity index (χ1n) is 3.28. The number of rotatable bonds is 1. The number of hydrogen-bond donors (Lipinski definition) is 1. The summed E-state index contributed by atoms with van der Waals surface area (Å²) >= 11 is 0. The second-order valence-electron chi connectivity index (χ2n) is 2.69. The molecule has 1 fully saturated rings. The molecule has 74 valence electrons. The van der Waals surface area contributed by atoms with Gasteiger partial charge in [0.15, 0.2) is 0 Å². The molecule has 1 rings (SSSR count). The van der Waals surface area contributed by atoms with Crippen LogP contribution in [0.2, 0.25) is 0 Å². The minimum absolute atomic E-state index is 0. The number of hydrogen-bond acceptors (Lipinski definition) is 6. The van der Waals surface area contributed by atoms with Gasteiger partial charge in [-0.05, 0) is 0 Å². The molecule has 0 radical (unpaired) electrons. The van der Waals surface area contributed by atoms with Gasteiger partial charge in [0.25, 0.3) is 11.8 Å². The molecule has 0 spiro atoms. The fourth-order valence-electron chi connectivity index (χ4n) is 1.14. The van der Waals surface area contributed by atoms with E-state index in [0.29, 0.717) is 0 Å². The van der Waals surface area contributed by atoms with Crippen LogP contribution in [0.15, 0.2) is 0 Å². The summed E-state index contributed by atoms with van der Waals surface area (Å²) in [7, 11) is -4.89. The van der Waals surface area contributed by atoms with Crippen molar-refractivity contribution < 1.29 is 57.3 Å². The van der Waals surface area contributed by atoms with Gasteiger partial charge in [0.1, 0.15) is 15.4 Å². The normalized spacial score (nSPS) is 27.8. The third kappa shape index (κ3) is 2.15. The Morgan fingerprint density at radius 3 is 1.93 bits per heavy atom. The Hall–Kier alpha value is 0.01000. The number of nitrogens with zero attached hydrogens (tertiary/aromatic N) is 1. The van der Waals surface area contributed by atoms with Crippen molar-refractivity contribution in [1.82, 2.24) is 5.06 Å². The van der Waals surface area contributed by atoms with Gasteiger partial charge in [-0.25, -0.2) is 8.42 Å². The Balaban J connectivity index is 0.00000169. The van der Waals surface area contributed by atoms with Crippen molar-refractivity contribution >= 4 is 21.9 Å². The van der Waals surface area contributed by atoms with Crippen molar-refractivity contribution in [2.45, 2.75) is 12.2 Å². The first-order chi connectivity index (χ1) is 5.76. The van der Waals surface area contributed by atoms with Crippen molar-refractivity contribution in [3.05, 3.63) is 0 Å². The van der Waals surface area contributed by atoms with Crippen LogP contribution in [0.1, 0.15) is 6.92 Å². The fraction of sp³-hybridized carbons (Fsp3) is 0.600. The summed E-state index contributed by atoms with van der Waals surface area (Å²) in [5.41, 5.74) is 0. The minimum atomic E-state index is -4.89. The molecule has 2 atom stereocenters. The molecule has 1 N–H and O–H groups in total. The van der Waals surface area contributed by atoms with E-state index < -0.39 is 33.1 Å². The molecule has 0 aromatic carbocycles. The van der Waals surface area contributed by atoms with E-state index in [1.807, 2.05) is 0 Å². The van der Waals surface area contributed by atoms with Crippen molar-refractivity contribution in [3.63, 3.8) is 0 Å². The van der Waals surface area contributed by atoms with Crippen LogP contribution in [0, 0.1) is 5.92 Å². The van der Waals surface area contributed by atoms with Gasteiger partial charge < -0.3 is 4.55 Å². The van der Waals surface area contributed by atoms with Crippen LogP contribution in [0.4, 0.5) is 0 Å². The topological polar surface area (TPSA) is 115 Å². The van der Waals surface area contributed by atoms with Gasteiger partial charge in [-0.15, -0.1) is 0 Å². The smallest absolute Gasteiger partial charge is 0.747 e. The second-order valence-corrected chi connectivity index (χ2v) is 4.18. The first-order valence-corrected chi connectivity index (χ1v) is 4.75. The maximum atomic E-state index is 10.8. The minimum Gasteiger partial charge on any atom is -0.747 e. The predicted octanol–water partition coefficient (Wildman–Crippen LogP) is -4.70. The van der Waals surface area contributed by atoms with Crippen molar-refractivity contribution in [3.8, 4) is 0 Å². The fourth-order valence-corrected chi connectivity index (χ4v) is 2.10. The van der Waals surface area contributed by atoms with E-state index in [1.165, 1.54) is 0 Å². The third-order valence-electron chi connectivity index (χ3n) is 1.82. The monoisotopic (exact) mass is 231 g/mol. The molecule has 14 heavy (non-hydrogen) atoms. The molecule has 9 heteroatoms. The largest absolute Gasteiger partial charge is 1.00 e.